The Bertz CT molecular complexity index is 801. The van der Waals surface area contributed by atoms with Crippen molar-refractivity contribution >= 4 is 27.7 Å². The molecule has 2 N–H and O–H groups in total. The Kier molecular flexibility index (Phi) is 8.87. The lowest BCUT2D eigenvalue weighted by Crippen LogP contribution is -2.31. The zero-order valence-corrected chi connectivity index (χ0v) is 16.7. The van der Waals surface area contributed by atoms with Crippen LogP contribution >= 0.6 is 15.9 Å². The number of hydrogen-bond donors (Lipinski definition) is 2. The molecule has 0 radical (unpaired) electrons. The summed E-state index contributed by atoms with van der Waals surface area (Å²) in [5.41, 5.74) is 0.182. The second-order valence-electron chi connectivity index (χ2n) is 5.99. The highest BCUT2D eigenvalue weighted by molar-refractivity contribution is 9.10. The Hall–Kier alpha value is -2.48. The van der Waals surface area contributed by atoms with E-state index in [0.717, 1.165) is 18.9 Å². The molecular formula is C20H21BrF2N2O3. The van der Waals surface area contributed by atoms with Gasteiger partial charge >= 0.3 is 0 Å². The molecule has 150 valence electrons. The highest BCUT2D eigenvalue weighted by Gasteiger charge is 2.11. The van der Waals surface area contributed by atoms with Gasteiger partial charge in [-0.15, -0.1) is 0 Å². The maximum atomic E-state index is 13.2. The van der Waals surface area contributed by atoms with Crippen LogP contribution in [0.15, 0.2) is 46.9 Å². The summed E-state index contributed by atoms with van der Waals surface area (Å²) in [5.74, 6) is -0.842. The fourth-order valence-electron chi connectivity index (χ4n) is 2.32. The number of carbonyl (C=O) groups is 2. The molecular weight excluding hydrogens is 434 g/mol. The Labute approximate surface area is 170 Å². The maximum Gasteiger partial charge on any atom is 0.252 e. The zero-order valence-electron chi connectivity index (χ0n) is 15.1. The quantitative estimate of drug-likeness (QED) is 0.536. The highest BCUT2D eigenvalue weighted by atomic mass is 79.9. The van der Waals surface area contributed by atoms with Gasteiger partial charge in [0.15, 0.2) is 0 Å². The van der Waals surface area contributed by atoms with Gasteiger partial charge in [0.2, 0.25) is 5.91 Å². The van der Waals surface area contributed by atoms with Crippen molar-refractivity contribution in [1.82, 2.24) is 10.6 Å². The first-order chi connectivity index (χ1) is 13.5. The minimum Gasteiger partial charge on any atom is -0.494 e. The molecule has 0 aliphatic carbocycles. The second kappa shape index (κ2) is 11.4. The van der Waals surface area contributed by atoms with E-state index in [1.807, 2.05) is 0 Å². The minimum atomic E-state index is -0.505. The smallest absolute Gasteiger partial charge is 0.252 e. The molecule has 0 unspecified atom stereocenters. The minimum absolute atomic E-state index is 0.130. The molecule has 0 aliphatic rings. The first-order valence-electron chi connectivity index (χ1n) is 8.84. The molecule has 0 aliphatic heterocycles. The SMILES string of the molecule is O=C(CCNC(=O)c1cc(F)ccc1Br)NCCCCOc1ccc(F)cc1. The monoisotopic (exact) mass is 454 g/mol. The Morgan fingerprint density at radius 3 is 2.39 bits per heavy atom. The largest absolute Gasteiger partial charge is 0.494 e. The molecule has 5 nitrogen and oxygen atoms in total. The lowest BCUT2D eigenvalue weighted by molar-refractivity contribution is -0.120. The highest BCUT2D eigenvalue weighted by Crippen LogP contribution is 2.17. The van der Waals surface area contributed by atoms with Gasteiger partial charge in [-0.25, -0.2) is 8.78 Å². The first-order valence-corrected chi connectivity index (χ1v) is 9.63. The number of ether oxygens (including phenoxy) is 1. The van der Waals surface area contributed by atoms with Crippen LogP contribution in [0.2, 0.25) is 0 Å². The van der Waals surface area contributed by atoms with Gasteiger partial charge < -0.3 is 15.4 Å². The first kappa shape index (κ1) is 21.8. The molecule has 0 fully saturated rings. The molecule has 0 bridgehead atoms. The van der Waals surface area contributed by atoms with Crippen molar-refractivity contribution in [2.24, 2.45) is 0 Å². The third kappa shape index (κ3) is 7.64. The summed E-state index contributed by atoms with van der Waals surface area (Å²) in [4.78, 5) is 23.8. The van der Waals surface area contributed by atoms with Gasteiger partial charge in [0.25, 0.3) is 5.91 Å². The molecule has 0 heterocycles. The van der Waals surface area contributed by atoms with Crippen molar-refractivity contribution in [2.45, 2.75) is 19.3 Å². The fraction of sp³-hybridized carbons (Fsp3) is 0.300. The van der Waals surface area contributed by atoms with Gasteiger partial charge in [-0.2, -0.15) is 0 Å². The van der Waals surface area contributed by atoms with Gasteiger partial charge in [-0.05, 0) is 71.2 Å². The van der Waals surface area contributed by atoms with Crippen molar-refractivity contribution in [3.05, 3.63) is 64.1 Å². The van der Waals surface area contributed by atoms with E-state index in [9.17, 15) is 18.4 Å². The molecule has 0 saturated carbocycles. The van der Waals surface area contributed by atoms with Crippen LogP contribution in [-0.2, 0) is 4.79 Å². The van der Waals surface area contributed by atoms with Crippen LogP contribution in [0.4, 0.5) is 8.78 Å². The number of carbonyl (C=O) groups excluding carboxylic acids is 2. The van der Waals surface area contributed by atoms with E-state index in [2.05, 4.69) is 26.6 Å². The van der Waals surface area contributed by atoms with E-state index >= 15 is 0 Å². The Morgan fingerprint density at radius 2 is 1.64 bits per heavy atom. The normalized spacial score (nSPS) is 10.4. The van der Waals surface area contributed by atoms with Crippen molar-refractivity contribution in [2.75, 3.05) is 19.7 Å². The van der Waals surface area contributed by atoms with E-state index in [-0.39, 0.29) is 30.3 Å². The number of benzene rings is 2. The van der Waals surface area contributed by atoms with Gasteiger partial charge in [-0.1, -0.05) is 0 Å². The number of nitrogens with one attached hydrogen (secondary N) is 2. The summed E-state index contributed by atoms with van der Waals surface area (Å²) in [6.45, 7) is 1.12. The number of hydrogen-bond acceptors (Lipinski definition) is 3. The van der Waals surface area contributed by atoms with E-state index in [0.29, 0.717) is 23.4 Å². The van der Waals surface area contributed by atoms with Crippen LogP contribution in [0.1, 0.15) is 29.6 Å². The third-order valence-electron chi connectivity index (χ3n) is 3.79. The Morgan fingerprint density at radius 1 is 0.929 bits per heavy atom. The maximum absolute atomic E-state index is 13.2. The predicted octanol–water partition coefficient (Wildman–Crippen LogP) is 3.82. The standard InChI is InChI=1S/C20H21BrF2N2O3/c21-18-8-5-15(23)13-17(18)20(27)25-11-9-19(26)24-10-1-2-12-28-16-6-3-14(22)4-7-16/h3-8,13H,1-2,9-12H2,(H,24,26)(H,25,27). The van der Waals surface area contributed by atoms with Gasteiger partial charge in [0.05, 0.1) is 12.2 Å². The number of amides is 2. The summed E-state index contributed by atoms with van der Waals surface area (Å²) < 4.78 is 31.9. The van der Waals surface area contributed by atoms with Crippen LogP contribution < -0.4 is 15.4 Å². The summed E-state index contributed by atoms with van der Waals surface area (Å²) in [7, 11) is 0. The number of unbranched alkanes of at least 4 members (excludes halogenated alkanes) is 1. The molecule has 0 spiro atoms. The zero-order chi connectivity index (χ0) is 20.4. The van der Waals surface area contributed by atoms with Crippen LogP contribution in [0.3, 0.4) is 0 Å². The molecule has 2 aromatic carbocycles. The summed E-state index contributed by atoms with van der Waals surface area (Å²) >= 11 is 3.19. The predicted molar refractivity (Wildman–Crippen MR) is 105 cm³/mol. The third-order valence-corrected chi connectivity index (χ3v) is 4.48. The molecule has 0 aromatic heterocycles. The molecule has 2 amide bonds. The van der Waals surface area contributed by atoms with E-state index in [1.54, 1.807) is 12.1 Å². The summed E-state index contributed by atoms with van der Waals surface area (Å²) in [6.07, 6.45) is 1.60. The average molecular weight is 455 g/mol. The van der Waals surface area contributed by atoms with Crippen molar-refractivity contribution in [3.63, 3.8) is 0 Å². The fourth-order valence-corrected chi connectivity index (χ4v) is 2.75. The van der Waals surface area contributed by atoms with Crippen LogP contribution in [0, 0.1) is 11.6 Å². The Balaban J connectivity index is 1.54. The summed E-state index contributed by atoms with van der Waals surface area (Å²) in [6, 6.07) is 9.63. The molecule has 28 heavy (non-hydrogen) atoms. The van der Waals surface area contributed by atoms with E-state index in [4.69, 9.17) is 4.74 Å². The van der Waals surface area contributed by atoms with Crippen LogP contribution in [0.25, 0.3) is 0 Å². The van der Waals surface area contributed by atoms with Crippen molar-refractivity contribution in [3.8, 4) is 5.75 Å². The molecule has 8 heteroatoms. The van der Waals surface area contributed by atoms with E-state index in [1.165, 1.54) is 24.3 Å². The number of rotatable bonds is 10. The van der Waals surface area contributed by atoms with Crippen molar-refractivity contribution in [1.29, 1.82) is 0 Å². The topological polar surface area (TPSA) is 67.4 Å². The second-order valence-corrected chi connectivity index (χ2v) is 6.84. The molecule has 0 atom stereocenters. The lowest BCUT2D eigenvalue weighted by Gasteiger charge is -2.09. The van der Waals surface area contributed by atoms with Gasteiger partial charge in [0, 0.05) is 24.0 Å². The van der Waals surface area contributed by atoms with E-state index < -0.39 is 11.7 Å². The molecule has 0 saturated heterocycles. The summed E-state index contributed by atoms with van der Waals surface area (Å²) in [5, 5.41) is 5.35. The number of halogens is 3. The van der Waals surface area contributed by atoms with Gasteiger partial charge in [0.1, 0.15) is 17.4 Å². The lowest BCUT2D eigenvalue weighted by atomic mass is 10.2. The van der Waals surface area contributed by atoms with Crippen molar-refractivity contribution < 1.29 is 23.1 Å². The van der Waals surface area contributed by atoms with Crippen LogP contribution in [0.5, 0.6) is 5.75 Å². The van der Waals surface area contributed by atoms with Gasteiger partial charge in [-0.3, -0.25) is 9.59 Å². The molecule has 2 rings (SSSR count). The average Bonchev–Trinajstić information content (AvgIpc) is 2.67. The molecule has 2 aromatic rings. The van der Waals surface area contributed by atoms with Crippen LogP contribution in [-0.4, -0.2) is 31.5 Å².